The Hall–Kier alpha value is -1.93. The molecule has 27 heavy (non-hydrogen) atoms. The zero-order chi connectivity index (χ0) is 19.4. The van der Waals surface area contributed by atoms with E-state index in [-0.39, 0.29) is 30.2 Å². The van der Waals surface area contributed by atoms with Crippen molar-refractivity contribution in [2.75, 3.05) is 6.54 Å². The number of rotatable bonds is 7. The van der Waals surface area contributed by atoms with Crippen molar-refractivity contribution in [2.45, 2.75) is 18.3 Å². The molecule has 1 amide bonds. The molecule has 0 fully saturated rings. The maximum Gasteiger partial charge on any atom is 0.261 e. The number of alkyl halides is 1. The van der Waals surface area contributed by atoms with Crippen LogP contribution in [0.25, 0.3) is 11.3 Å². The first-order valence-electron chi connectivity index (χ1n) is 8.15. The molecular formula is C18H17Cl2FN4OS. The molecule has 3 aromatic rings. The Morgan fingerprint density at radius 2 is 2.22 bits per heavy atom. The van der Waals surface area contributed by atoms with Crippen LogP contribution in [0.2, 0.25) is 4.34 Å². The van der Waals surface area contributed by atoms with E-state index < -0.39 is 0 Å². The Balaban J connectivity index is 1.74. The highest BCUT2D eigenvalue weighted by molar-refractivity contribution is 7.18. The van der Waals surface area contributed by atoms with E-state index in [9.17, 15) is 9.18 Å². The number of carbonyl (C=O) groups excluding carboxylic acids is 1. The fourth-order valence-corrected chi connectivity index (χ4v) is 4.09. The standard InChI is InChI=1S/C18H17Cl2FN4OS/c19-7-11-9-23-25-16(11)14-6-15(27-17(14)20)18(26)24-13(8-22)5-10-2-1-3-12(21)4-10/h1-4,6,9,13H,5,7-8,22H2,(H,23,25)(H,24,26). The molecule has 0 saturated carbocycles. The van der Waals surface area contributed by atoms with Crippen molar-refractivity contribution in [3.63, 3.8) is 0 Å². The number of H-pyrrole nitrogens is 1. The average Bonchev–Trinajstić information content (AvgIpc) is 3.26. The SMILES string of the molecule is NCC(Cc1cccc(F)c1)NC(=O)c1cc(-c2[nH]ncc2CCl)c(Cl)s1. The number of aromatic amines is 1. The largest absolute Gasteiger partial charge is 0.347 e. The summed E-state index contributed by atoms with van der Waals surface area (Å²) in [7, 11) is 0. The van der Waals surface area contributed by atoms with Crippen LogP contribution in [0.4, 0.5) is 4.39 Å². The van der Waals surface area contributed by atoms with Crippen LogP contribution in [0.1, 0.15) is 20.8 Å². The number of hydrogen-bond acceptors (Lipinski definition) is 4. The summed E-state index contributed by atoms with van der Waals surface area (Å²) in [6, 6.07) is 7.60. The van der Waals surface area contributed by atoms with Gasteiger partial charge in [0.15, 0.2) is 0 Å². The lowest BCUT2D eigenvalue weighted by Gasteiger charge is -2.16. The lowest BCUT2D eigenvalue weighted by Crippen LogP contribution is -2.41. The first kappa shape index (κ1) is 19.8. The van der Waals surface area contributed by atoms with Gasteiger partial charge in [0, 0.05) is 23.7 Å². The summed E-state index contributed by atoms with van der Waals surface area (Å²) in [5, 5.41) is 9.70. The van der Waals surface area contributed by atoms with Gasteiger partial charge in [-0.3, -0.25) is 9.89 Å². The van der Waals surface area contributed by atoms with Gasteiger partial charge in [-0.1, -0.05) is 23.7 Å². The fourth-order valence-electron chi connectivity index (χ4n) is 2.70. The van der Waals surface area contributed by atoms with Crippen LogP contribution in [-0.4, -0.2) is 28.7 Å². The molecular weight excluding hydrogens is 410 g/mol. The van der Waals surface area contributed by atoms with Gasteiger partial charge >= 0.3 is 0 Å². The third-order valence-electron chi connectivity index (χ3n) is 4.03. The van der Waals surface area contributed by atoms with E-state index in [1.807, 2.05) is 0 Å². The summed E-state index contributed by atoms with van der Waals surface area (Å²) >= 11 is 13.4. The van der Waals surface area contributed by atoms with Gasteiger partial charge in [-0.2, -0.15) is 5.10 Å². The van der Waals surface area contributed by atoms with Gasteiger partial charge in [0.2, 0.25) is 0 Å². The number of hydrogen-bond donors (Lipinski definition) is 3. The molecule has 1 atom stereocenters. The van der Waals surface area contributed by atoms with Crippen molar-refractivity contribution >= 4 is 40.4 Å². The topological polar surface area (TPSA) is 83.8 Å². The van der Waals surface area contributed by atoms with Crippen LogP contribution in [-0.2, 0) is 12.3 Å². The number of carbonyl (C=O) groups is 1. The van der Waals surface area contributed by atoms with Crippen LogP contribution in [0.3, 0.4) is 0 Å². The van der Waals surface area contributed by atoms with E-state index in [1.165, 1.54) is 12.1 Å². The molecule has 4 N–H and O–H groups in total. The Labute approximate surface area is 169 Å². The molecule has 2 heterocycles. The third-order valence-corrected chi connectivity index (χ3v) is 5.68. The maximum absolute atomic E-state index is 13.3. The molecule has 142 valence electrons. The minimum Gasteiger partial charge on any atom is -0.347 e. The van der Waals surface area contributed by atoms with Crippen molar-refractivity contribution < 1.29 is 9.18 Å². The molecule has 5 nitrogen and oxygen atoms in total. The minimum absolute atomic E-state index is 0.227. The second-order valence-corrected chi connectivity index (χ2v) is 7.86. The molecule has 0 radical (unpaired) electrons. The second kappa shape index (κ2) is 8.84. The smallest absolute Gasteiger partial charge is 0.261 e. The maximum atomic E-state index is 13.3. The number of nitrogens with two attached hydrogens (primary N) is 1. The average molecular weight is 427 g/mol. The highest BCUT2D eigenvalue weighted by atomic mass is 35.5. The zero-order valence-corrected chi connectivity index (χ0v) is 16.5. The molecule has 0 bridgehead atoms. The first-order valence-corrected chi connectivity index (χ1v) is 9.88. The molecule has 0 spiro atoms. The number of amides is 1. The van der Waals surface area contributed by atoms with Crippen molar-refractivity contribution in [1.29, 1.82) is 0 Å². The van der Waals surface area contributed by atoms with Gasteiger partial charge < -0.3 is 11.1 Å². The third kappa shape index (κ3) is 4.68. The number of nitrogens with zero attached hydrogens (tertiary/aromatic N) is 1. The van der Waals surface area contributed by atoms with E-state index in [4.69, 9.17) is 28.9 Å². The summed E-state index contributed by atoms with van der Waals surface area (Å²) in [5.41, 5.74) is 8.71. The highest BCUT2D eigenvalue weighted by Crippen LogP contribution is 2.36. The Morgan fingerprint density at radius 1 is 1.41 bits per heavy atom. The van der Waals surface area contributed by atoms with Crippen molar-refractivity contribution in [2.24, 2.45) is 5.73 Å². The van der Waals surface area contributed by atoms with Gasteiger partial charge in [0.1, 0.15) is 10.2 Å². The predicted molar refractivity (Wildman–Crippen MR) is 107 cm³/mol. The molecule has 9 heteroatoms. The summed E-state index contributed by atoms with van der Waals surface area (Å²) < 4.78 is 13.8. The van der Waals surface area contributed by atoms with E-state index in [0.29, 0.717) is 26.9 Å². The van der Waals surface area contributed by atoms with Crippen molar-refractivity contribution in [3.05, 3.63) is 62.7 Å². The number of benzene rings is 1. The Morgan fingerprint density at radius 3 is 2.93 bits per heavy atom. The Kier molecular flexibility index (Phi) is 6.49. The molecule has 3 rings (SSSR count). The van der Waals surface area contributed by atoms with Gasteiger partial charge in [-0.25, -0.2) is 4.39 Å². The minimum atomic E-state index is -0.325. The van der Waals surface area contributed by atoms with Gasteiger partial charge in [-0.15, -0.1) is 22.9 Å². The van der Waals surface area contributed by atoms with Crippen LogP contribution >= 0.6 is 34.5 Å². The number of thiophene rings is 1. The number of halogens is 3. The lowest BCUT2D eigenvalue weighted by atomic mass is 10.1. The first-order chi connectivity index (χ1) is 13.0. The van der Waals surface area contributed by atoms with Crippen LogP contribution in [0, 0.1) is 5.82 Å². The van der Waals surface area contributed by atoms with E-state index in [2.05, 4.69) is 15.5 Å². The summed E-state index contributed by atoms with van der Waals surface area (Å²) in [6.07, 6.45) is 2.06. The van der Waals surface area contributed by atoms with Crippen LogP contribution in [0.5, 0.6) is 0 Å². The second-order valence-electron chi connectivity index (χ2n) is 5.94. The molecule has 0 aliphatic carbocycles. The van der Waals surface area contributed by atoms with Gasteiger partial charge in [-0.05, 0) is 30.2 Å². The monoisotopic (exact) mass is 426 g/mol. The number of nitrogens with one attached hydrogen (secondary N) is 2. The molecule has 1 aromatic carbocycles. The van der Waals surface area contributed by atoms with Crippen LogP contribution < -0.4 is 11.1 Å². The van der Waals surface area contributed by atoms with E-state index in [1.54, 1.807) is 24.4 Å². The van der Waals surface area contributed by atoms with Crippen molar-refractivity contribution in [3.8, 4) is 11.3 Å². The lowest BCUT2D eigenvalue weighted by molar-refractivity contribution is 0.0942. The normalized spacial score (nSPS) is 12.1. The highest BCUT2D eigenvalue weighted by Gasteiger charge is 2.20. The quantitative estimate of drug-likeness (QED) is 0.499. The molecule has 2 aromatic heterocycles. The van der Waals surface area contributed by atoms with Gasteiger partial charge in [0.05, 0.1) is 22.6 Å². The summed E-state index contributed by atoms with van der Waals surface area (Å²) in [6.45, 7) is 0.227. The summed E-state index contributed by atoms with van der Waals surface area (Å²) in [4.78, 5) is 13.1. The molecule has 0 saturated heterocycles. The predicted octanol–water partition coefficient (Wildman–Crippen LogP) is 3.97. The number of aromatic nitrogens is 2. The molecule has 0 aliphatic heterocycles. The molecule has 1 unspecified atom stereocenters. The van der Waals surface area contributed by atoms with E-state index >= 15 is 0 Å². The van der Waals surface area contributed by atoms with E-state index in [0.717, 1.165) is 22.5 Å². The summed E-state index contributed by atoms with van der Waals surface area (Å²) in [5.74, 6) is -0.325. The fraction of sp³-hybridized carbons (Fsp3) is 0.222. The Bertz CT molecular complexity index is 943. The van der Waals surface area contributed by atoms with Gasteiger partial charge in [0.25, 0.3) is 5.91 Å². The zero-order valence-electron chi connectivity index (χ0n) is 14.1. The van der Waals surface area contributed by atoms with Crippen molar-refractivity contribution in [1.82, 2.24) is 15.5 Å². The molecule has 0 aliphatic rings. The van der Waals surface area contributed by atoms with Crippen LogP contribution in [0.15, 0.2) is 36.5 Å².